The largest absolute Gasteiger partial charge is 0.475 e. The fourth-order valence-corrected chi connectivity index (χ4v) is 8.92. The molecule has 4 bridgehead atoms. The predicted octanol–water partition coefficient (Wildman–Crippen LogP) is 7.38. The Labute approximate surface area is 302 Å². The van der Waals surface area contributed by atoms with E-state index in [0.717, 1.165) is 29.5 Å². The molecule has 1 saturated heterocycles. The molecule has 51 heavy (non-hydrogen) atoms. The molecule has 0 radical (unpaired) electrons. The van der Waals surface area contributed by atoms with Gasteiger partial charge in [-0.1, -0.05) is 45.0 Å². The number of hydrogen-bond donors (Lipinski definition) is 1. The molecule has 11 nitrogen and oxygen atoms in total. The highest BCUT2D eigenvalue weighted by Crippen LogP contribution is 2.51. The maximum absolute atomic E-state index is 14.7. The molecule has 2 aliphatic heterocycles. The zero-order valence-corrected chi connectivity index (χ0v) is 31.9. The third-order valence-corrected chi connectivity index (χ3v) is 11.3. The van der Waals surface area contributed by atoms with Crippen LogP contribution in [0.3, 0.4) is 0 Å². The lowest BCUT2D eigenvalue weighted by atomic mass is 9.60. The summed E-state index contributed by atoms with van der Waals surface area (Å²) in [5, 5.41) is 0. The molecule has 3 aliphatic rings. The van der Waals surface area contributed by atoms with Crippen molar-refractivity contribution in [3.05, 3.63) is 65.2 Å². The van der Waals surface area contributed by atoms with Crippen LogP contribution in [0.25, 0.3) is 11.3 Å². The summed E-state index contributed by atoms with van der Waals surface area (Å²) < 4.78 is 42.3. The van der Waals surface area contributed by atoms with Crippen LogP contribution in [0.5, 0.6) is 5.88 Å². The summed E-state index contributed by atoms with van der Waals surface area (Å²) >= 11 is 0. The number of rotatable bonds is 3. The van der Waals surface area contributed by atoms with E-state index in [1.165, 1.54) is 12.1 Å². The Hall–Kier alpha value is -4.19. The van der Waals surface area contributed by atoms with Crippen molar-refractivity contribution in [1.82, 2.24) is 19.8 Å². The summed E-state index contributed by atoms with van der Waals surface area (Å²) in [6.07, 6.45) is 3.57. The number of fused-ring (bicyclic) bond motifs is 4. The number of carbonyl (C=O) groups is 2. The van der Waals surface area contributed by atoms with Gasteiger partial charge < -0.3 is 19.3 Å². The third-order valence-electron chi connectivity index (χ3n) is 10.0. The van der Waals surface area contributed by atoms with E-state index in [1.807, 2.05) is 62.6 Å². The number of aromatic nitrogens is 2. The summed E-state index contributed by atoms with van der Waals surface area (Å²) in [6.45, 7) is 17.3. The number of likely N-dealkylation sites (tertiary alicyclic amines) is 1. The minimum atomic E-state index is -4.17. The first-order chi connectivity index (χ1) is 23.8. The summed E-state index contributed by atoms with van der Waals surface area (Å²) in [5.74, 6) is -0.154. The zero-order valence-electron chi connectivity index (χ0n) is 31.1. The smallest absolute Gasteiger partial charge is 0.410 e. The van der Waals surface area contributed by atoms with Gasteiger partial charge in [0.1, 0.15) is 12.2 Å². The van der Waals surface area contributed by atoms with Gasteiger partial charge in [-0.05, 0) is 107 Å². The Morgan fingerprint density at radius 3 is 2.37 bits per heavy atom. The topological polar surface area (TPSA) is 131 Å². The van der Waals surface area contributed by atoms with Crippen molar-refractivity contribution in [3.8, 4) is 17.1 Å². The molecule has 0 unspecified atom stereocenters. The standard InChI is InChI=1S/C39H51N5O6S/c1-25-12-9-13-26(2)33(25)31-19-32-41-35(40-31)42-51(47,48)30-15-10-14-27(18-30)34(45)44(29(23-49-32)20-37(3,4)5)28-21-39(22-28)16-11-17-43(24-39)36(46)50-38(6,7)8/h9-10,12-15,18-19,28-29H,11,16-17,20-24H2,1-8H3,(H,40,41,42)/t28?,29-,39?/m1/s1. The highest BCUT2D eigenvalue weighted by atomic mass is 32.2. The van der Waals surface area contributed by atoms with E-state index < -0.39 is 15.6 Å². The number of carbonyl (C=O) groups excluding carboxylic acids is 2. The molecule has 2 aromatic carbocycles. The Morgan fingerprint density at radius 2 is 1.71 bits per heavy atom. The van der Waals surface area contributed by atoms with Gasteiger partial charge in [-0.3, -0.25) is 4.79 Å². The molecule has 3 heterocycles. The van der Waals surface area contributed by atoms with Crippen LogP contribution in [0.4, 0.5) is 10.7 Å². The maximum Gasteiger partial charge on any atom is 0.410 e. The van der Waals surface area contributed by atoms with Crippen LogP contribution in [0.1, 0.15) is 95.1 Å². The van der Waals surface area contributed by atoms with Crippen LogP contribution in [0, 0.1) is 24.7 Å². The fraction of sp³-hybridized carbons (Fsp3) is 0.538. The second kappa shape index (κ2) is 13.4. The molecular weight excluding hydrogens is 667 g/mol. The van der Waals surface area contributed by atoms with Crippen molar-refractivity contribution in [1.29, 1.82) is 0 Å². The summed E-state index contributed by atoms with van der Waals surface area (Å²) in [7, 11) is -4.17. The van der Waals surface area contributed by atoms with Crippen molar-refractivity contribution in [2.45, 2.75) is 110 Å². The average Bonchev–Trinajstić information content (AvgIpc) is 3.01. The molecule has 1 N–H and O–H groups in total. The maximum atomic E-state index is 14.7. The van der Waals surface area contributed by atoms with Gasteiger partial charge in [0.25, 0.3) is 15.9 Å². The first-order valence-electron chi connectivity index (χ1n) is 17.8. The van der Waals surface area contributed by atoms with Crippen LogP contribution in [0.2, 0.25) is 0 Å². The van der Waals surface area contributed by atoms with Gasteiger partial charge in [-0.2, -0.15) is 4.98 Å². The van der Waals surface area contributed by atoms with Gasteiger partial charge in [0.15, 0.2) is 0 Å². The van der Waals surface area contributed by atoms with E-state index in [2.05, 4.69) is 35.5 Å². The van der Waals surface area contributed by atoms with Crippen LogP contribution >= 0.6 is 0 Å². The number of aryl methyl sites for hydroxylation is 2. The molecule has 2 amide bonds. The van der Waals surface area contributed by atoms with Crippen molar-refractivity contribution in [2.75, 3.05) is 24.4 Å². The number of ether oxygens (including phenoxy) is 2. The number of amides is 2. The van der Waals surface area contributed by atoms with Gasteiger partial charge in [0, 0.05) is 36.3 Å². The fourth-order valence-electron chi connectivity index (χ4n) is 7.93. The molecule has 6 rings (SSSR count). The number of sulfonamides is 1. The molecule has 3 aromatic rings. The summed E-state index contributed by atoms with van der Waals surface area (Å²) in [4.78, 5) is 40.6. The van der Waals surface area contributed by atoms with Crippen molar-refractivity contribution in [2.24, 2.45) is 10.8 Å². The highest BCUT2D eigenvalue weighted by Gasteiger charge is 2.52. The van der Waals surface area contributed by atoms with Crippen molar-refractivity contribution in [3.63, 3.8) is 0 Å². The second-order valence-corrected chi connectivity index (χ2v) is 18.5. The average molecular weight is 718 g/mol. The van der Waals surface area contributed by atoms with E-state index in [4.69, 9.17) is 9.47 Å². The quantitative estimate of drug-likeness (QED) is 0.297. The molecule has 1 spiro atoms. The van der Waals surface area contributed by atoms with Crippen molar-refractivity contribution < 1.29 is 27.5 Å². The number of benzene rings is 2. The highest BCUT2D eigenvalue weighted by molar-refractivity contribution is 7.92. The predicted molar refractivity (Wildman–Crippen MR) is 196 cm³/mol. The number of anilines is 1. The van der Waals surface area contributed by atoms with Gasteiger partial charge >= 0.3 is 6.09 Å². The minimum Gasteiger partial charge on any atom is -0.475 e. The van der Waals surface area contributed by atoms with E-state index in [-0.39, 0.29) is 63.8 Å². The lowest BCUT2D eigenvalue weighted by molar-refractivity contribution is -0.0644. The first kappa shape index (κ1) is 36.6. The van der Waals surface area contributed by atoms with Crippen LogP contribution in [-0.2, 0) is 14.8 Å². The van der Waals surface area contributed by atoms with Crippen LogP contribution in [0.15, 0.2) is 53.4 Å². The van der Waals surface area contributed by atoms with Gasteiger partial charge in [-0.15, -0.1) is 0 Å². The summed E-state index contributed by atoms with van der Waals surface area (Å²) in [6, 6.07) is 13.3. The normalized spacial score (nSPS) is 23.6. The number of nitrogens with one attached hydrogen (secondary N) is 1. The van der Waals surface area contributed by atoms with E-state index >= 15 is 0 Å². The van der Waals surface area contributed by atoms with Gasteiger partial charge in [0.2, 0.25) is 11.8 Å². The SMILES string of the molecule is Cc1cccc(C)c1-c1cc2nc(n1)NS(=O)(=O)c1cccc(c1)C(=O)N(C1CC3(CCCN(C(=O)OC(C)(C)C)C3)C1)[C@H](CC(C)(C)C)CO2. The number of nitrogens with zero attached hydrogens (tertiary/aromatic N) is 4. The molecule has 274 valence electrons. The van der Waals surface area contributed by atoms with E-state index in [0.29, 0.717) is 38.0 Å². The van der Waals surface area contributed by atoms with E-state index in [1.54, 1.807) is 18.2 Å². The lowest BCUT2D eigenvalue weighted by Crippen LogP contribution is -2.62. The Balaban J connectivity index is 1.39. The molecule has 2 fully saturated rings. The zero-order chi connectivity index (χ0) is 36.9. The Bertz CT molecular complexity index is 1910. The van der Waals surface area contributed by atoms with E-state index in [9.17, 15) is 18.0 Å². The Kier molecular flexibility index (Phi) is 9.63. The monoisotopic (exact) mass is 717 g/mol. The van der Waals surface area contributed by atoms with Crippen LogP contribution < -0.4 is 9.46 Å². The summed E-state index contributed by atoms with van der Waals surface area (Å²) in [5.41, 5.74) is 2.74. The molecule has 1 aromatic heterocycles. The van der Waals surface area contributed by atoms with Gasteiger partial charge in [0.05, 0.1) is 16.6 Å². The number of hydrogen-bond acceptors (Lipinski definition) is 8. The first-order valence-corrected chi connectivity index (χ1v) is 19.3. The lowest BCUT2D eigenvalue weighted by Gasteiger charge is -2.57. The van der Waals surface area contributed by atoms with Crippen LogP contribution in [-0.4, -0.2) is 77.6 Å². The van der Waals surface area contributed by atoms with Gasteiger partial charge in [-0.25, -0.2) is 22.9 Å². The molecule has 1 atom stereocenters. The minimum absolute atomic E-state index is 0.0613. The Morgan fingerprint density at radius 1 is 1.02 bits per heavy atom. The third kappa shape index (κ3) is 8.16. The molecule has 1 aliphatic carbocycles. The molecular formula is C39H51N5O6S. The van der Waals surface area contributed by atoms with Crippen molar-refractivity contribution >= 4 is 28.0 Å². The molecule has 12 heteroatoms. The number of piperidine rings is 1. The second-order valence-electron chi connectivity index (χ2n) is 16.8. The molecule has 1 saturated carbocycles.